The van der Waals surface area contributed by atoms with Crippen LogP contribution in [0.2, 0.25) is 0 Å². The summed E-state index contributed by atoms with van der Waals surface area (Å²) in [7, 11) is 0. The number of fused-ring (bicyclic) bond motifs is 1. The predicted molar refractivity (Wildman–Crippen MR) is 84.9 cm³/mol. The van der Waals surface area contributed by atoms with Gasteiger partial charge in [0.05, 0.1) is 0 Å². The molecule has 2 nitrogen and oxygen atoms in total. The Balaban J connectivity index is 1.78. The van der Waals surface area contributed by atoms with Crippen LogP contribution < -0.4 is 10.2 Å². The number of benzene rings is 2. The van der Waals surface area contributed by atoms with Crippen LogP contribution in [0, 0.1) is 6.92 Å². The molecule has 3 rings (SSSR count). The third-order valence-electron chi connectivity index (χ3n) is 4.10. The van der Waals surface area contributed by atoms with Crippen LogP contribution in [0.5, 0.6) is 0 Å². The number of aryl methyl sites for hydroxylation is 1. The highest BCUT2D eigenvalue weighted by atomic mass is 15.1. The molecule has 0 unspecified atom stereocenters. The van der Waals surface area contributed by atoms with Gasteiger partial charge in [-0.1, -0.05) is 37.3 Å². The topological polar surface area (TPSA) is 15.3 Å². The van der Waals surface area contributed by atoms with E-state index in [4.69, 9.17) is 0 Å². The molecule has 0 aliphatic carbocycles. The van der Waals surface area contributed by atoms with Gasteiger partial charge in [0, 0.05) is 25.3 Å². The van der Waals surface area contributed by atoms with Crippen molar-refractivity contribution in [2.24, 2.45) is 0 Å². The van der Waals surface area contributed by atoms with E-state index >= 15 is 0 Å². The molecule has 1 aliphatic heterocycles. The van der Waals surface area contributed by atoms with Gasteiger partial charge < -0.3 is 10.2 Å². The molecular weight excluding hydrogens is 244 g/mol. The third-order valence-corrected chi connectivity index (χ3v) is 4.10. The summed E-state index contributed by atoms with van der Waals surface area (Å²) in [5, 5.41) is 3.39. The first-order chi connectivity index (χ1) is 9.78. The van der Waals surface area contributed by atoms with Gasteiger partial charge >= 0.3 is 0 Å². The van der Waals surface area contributed by atoms with Crippen LogP contribution in [0.1, 0.15) is 29.2 Å². The van der Waals surface area contributed by atoms with Gasteiger partial charge in [0.2, 0.25) is 0 Å². The minimum Gasteiger partial charge on any atom is -0.363 e. The van der Waals surface area contributed by atoms with Crippen molar-refractivity contribution >= 4 is 5.69 Å². The van der Waals surface area contributed by atoms with Gasteiger partial charge in [-0.15, -0.1) is 0 Å². The van der Waals surface area contributed by atoms with Crippen LogP contribution >= 0.6 is 0 Å². The summed E-state index contributed by atoms with van der Waals surface area (Å²) in [5.41, 5.74) is 7.02. The van der Waals surface area contributed by atoms with Crippen LogP contribution in [-0.2, 0) is 19.6 Å². The van der Waals surface area contributed by atoms with Crippen molar-refractivity contribution in [2.45, 2.75) is 33.5 Å². The minimum absolute atomic E-state index is 0.961. The summed E-state index contributed by atoms with van der Waals surface area (Å²) in [5.74, 6) is 0. The number of nitrogens with zero attached hydrogens (tertiary/aromatic N) is 1. The molecule has 1 N–H and O–H groups in total. The fourth-order valence-corrected chi connectivity index (χ4v) is 2.85. The maximum absolute atomic E-state index is 3.39. The first-order valence-electron chi connectivity index (χ1n) is 7.40. The van der Waals surface area contributed by atoms with E-state index in [1.807, 2.05) is 0 Å². The summed E-state index contributed by atoms with van der Waals surface area (Å²) < 4.78 is 0. The van der Waals surface area contributed by atoms with Crippen molar-refractivity contribution < 1.29 is 0 Å². The van der Waals surface area contributed by atoms with Gasteiger partial charge in [0.25, 0.3) is 0 Å². The Labute approximate surface area is 121 Å². The van der Waals surface area contributed by atoms with Gasteiger partial charge in [-0.2, -0.15) is 0 Å². The Hall–Kier alpha value is -1.80. The lowest BCUT2D eigenvalue weighted by Crippen LogP contribution is -2.16. The van der Waals surface area contributed by atoms with Gasteiger partial charge in [-0.05, 0) is 47.9 Å². The second kappa shape index (κ2) is 5.68. The monoisotopic (exact) mass is 266 g/mol. The molecule has 2 aromatic carbocycles. The lowest BCUT2D eigenvalue weighted by molar-refractivity contribution is 0.723. The van der Waals surface area contributed by atoms with Gasteiger partial charge in [0.15, 0.2) is 0 Å². The molecule has 0 saturated heterocycles. The van der Waals surface area contributed by atoms with Crippen LogP contribution in [0.15, 0.2) is 42.5 Å². The van der Waals surface area contributed by atoms with Gasteiger partial charge in [-0.3, -0.25) is 0 Å². The lowest BCUT2D eigenvalue weighted by atomic mass is 10.1. The molecular formula is C18H22N2. The van der Waals surface area contributed by atoms with E-state index in [1.54, 1.807) is 0 Å². The summed E-state index contributed by atoms with van der Waals surface area (Å²) in [4.78, 5) is 2.45. The molecule has 0 amide bonds. The van der Waals surface area contributed by atoms with Crippen molar-refractivity contribution in [3.63, 3.8) is 0 Å². The molecule has 0 fully saturated rings. The standard InChI is InChI=1S/C18H22N2/c1-3-19-11-15-8-9-18(10-14(15)2)20-12-16-6-4-5-7-17(16)13-20/h4-10,19H,3,11-13H2,1-2H3. The van der Waals surface area contributed by atoms with Crippen molar-refractivity contribution in [1.82, 2.24) is 5.32 Å². The fourth-order valence-electron chi connectivity index (χ4n) is 2.85. The normalized spacial score (nSPS) is 13.6. The summed E-state index contributed by atoms with van der Waals surface area (Å²) in [6.45, 7) is 8.39. The van der Waals surface area contributed by atoms with Crippen molar-refractivity contribution in [2.75, 3.05) is 11.4 Å². The number of rotatable bonds is 4. The molecule has 0 atom stereocenters. The van der Waals surface area contributed by atoms with Crippen molar-refractivity contribution in [1.29, 1.82) is 0 Å². The Morgan fingerprint density at radius 1 is 1.05 bits per heavy atom. The third kappa shape index (κ3) is 2.56. The van der Waals surface area contributed by atoms with Crippen LogP contribution in [0.25, 0.3) is 0 Å². The Morgan fingerprint density at radius 3 is 2.35 bits per heavy atom. The first kappa shape index (κ1) is 13.2. The largest absolute Gasteiger partial charge is 0.363 e. The maximum atomic E-state index is 3.39. The highest BCUT2D eigenvalue weighted by molar-refractivity contribution is 5.54. The zero-order valence-corrected chi connectivity index (χ0v) is 12.3. The first-order valence-corrected chi connectivity index (χ1v) is 7.40. The van der Waals surface area contributed by atoms with E-state index in [9.17, 15) is 0 Å². The maximum Gasteiger partial charge on any atom is 0.0436 e. The molecule has 0 saturated carbocycles. The second-order valence-corrected chi connectivity index (χ2v) is 5.52. The Bertz CT molecular complexity index is 579. The fraction of sp³-hybridized carbons (Fsp3) is 0.333. The molecule has 104 valence electrons. The highest BCUT2D eigenvalue weighted by Crippen LogP contribution is 2.29. The number of anilines is 1. The number of hydrogen-bond acceptors (Lipinski definition) is 2. The molecule has 1 aliphatic rings. The second-order valence-electron chi connectivity index (χ2n) is 5.52. The minimum atomic E-state index is 0.961. The van der Waals surface area contributed by atoms with E-state index in [0.717, 1.165) is 26.2 Å². The van der Waals surface area contributed by atoms with Crippen molar-refractivity contribution in [3.05, 3.63) is 64.7 Å². The van der Waals surface area contributed by atoms with E-state index < -0.39 is 0 Å². The van der Waals surface area contributed by atoms with Gasteiger partial charge in [-0.25, -0.2) is 0 Å². The van der Waals surface area contributed by atoms with Crippen LogP contribution in [0.4, 0.5) is 5.69 Å². The molecule has 0 aromatic heterocycles. The molecule has 0 spiro atoms. The summed E-state index contributed by atoms with van der Waals surface area (Å²) in [6.07, 6.45) is 0. The highest BCUT2D eigenvalue weighted by Gasteiger charge is 2.18. The summed E-state index contributed by atoms with van der Waals surface area (Å²) in [6, 6.07) is 15.6. The average Bonchev–Trinajstić information content (AvgIpc) is 2.90. The quantitative estimate of drug-likeness (QED) is 0.909. The molecule has 2 aromatic rings. The SMILES string of the molecule is CCNCc1ccc(N2Cc3ccccc3C2)cc1C. The smallest absolute Gasteiger partial charge is 0.0436 e. The zero-order chi connectivity index (χ0) is 13.9. The summed E-state index contributed by atoms with van der Waals surface area (Å²) >= 11 is 0. The number of hydrogen-bond donors (Lipinski definition) is 1. The number of nitrogens with one attached hydrogen (secondary N) is 1. The van der Waals surface area contributed by atoms with Gasteiger partial charge in [0.1, 0.15) is 0 Å². The van der Waals surface area contributed by atoms with Crippen LogP contribution in [0.3, 0.4) is 0 Å². The zero-order valence-electron chi connectivity index (χ0n) is 12.3. The van der Waals surface area contributed by atoms with E-state index in [2.05, 4.69) is 66.5 Å². The molecule has 2 heteroatoms. The average molecular weight is 266 g/mol. The Kier molecular flexibility index (Phi) is 3.75. The van der Waals surface area contributed by atoms with Crippen molar-refractivity contribution in [3.8, 4) is 0 Å². The lowest BCUT2D eigenvalue weighted by Gasteiger charge is -2.19. The van der Waals surface area contributed by atoms with E-state index in [1.165, 1.54) is 27.9 Å². The van der Waals surface area contributed by atoms with E-state index in [-0.39, 0.29) is 0 Å². The predicted octanol–water partition coefficient (Wildman–Crippen LogP) is 3.62. The van der Waals surface area contributed by atoms with E-state index in [0.29, 0.717) is 0 Å². The Morgan fingerprint density at radius 2 is 1.75 bits per heavy atom. The molecule has 0 radical (unpaired) electrons. The molecule has 1 heterocycles. The molecule has 0 bridgehead atoms. The molecule has 20 heavy (non-hydrogen) atoms. The van der Waals surface area contributed by atoms with Crippen LogP contribution in [-0.4, -0.2) is 6.54 Å².